The summed E-state index contributed by atoms with van der Waals surface area (Å²) in [6.45, 7) is 18.1. The van der Waals surface area contributed by atoms with Gasteiger partial charge < -0.3 is 14.5 Å². The van der Waals surface area contributed by atoms with Gasteiger partial charge in [-0.25, -0.2) is 9.59 Å². The van der Waals surface area contributed by atoms with E-state index in [1.807, 2.05) is 18.2 Å². The van der Waals surface area contributed by atoms with Gasteiger partial charge in [0.2, 0.25) is 0 Å². The van der Waals surface area contributed by atoms with Gasteiger partial charge >= 0.3 is 11.8 Å². The molecule has 5 rings (SSSR count). The van der Waals surface area contributed by atoms with Gasteiger partial charge in [-0.2, -0.15) is 4.48 Å². The predicted octanol–water partition coefficient (Wildman–Crippen LogP) is 6.48. The fraction of sp³-hybridized carbons (Fsp3) is 0.529. The van der Waals surface area contributed by atoms with Crippen molar-refractivity contribution in [3.63, 3.8) is 0 Å². The Morgan fingerprint density at radius 3 is 2.19 bits per heavy atom. The van der Waals surface area contributed by atoms with E-state index in [-0.39, 0.29) is 27.1 Å². The number of hydrogen-bond donors (Lipinski definition) is 0. The molecule has 0 radical (unpaired) electrons. The van der Waals surface area contributed by atoms with Crippen LogP contribution in [0.4, 0.5) is 5.69 Å². The van der Waals surface area contributed by atoms with Gasteiger partial charge in [-0.05, 0) is 53.8 Å². The Kier molecular flexibility index (Phi) is 8.85. The molecule has 42 heavy (non-hydrogen) atoms. The number of likely N-dealkylation sites (N-methyl/N-ethyl adjacent to an activating group) is 1. The van der Waals surface area contributed by atoms with E-state index in [1.54, 1.807) is 11.3 Å². The highest BCUT2D eigenvalue weighted by Crippen LogP contribution is 2.37. The van der Waals surface area contributed by atoms with Crippen molar-refractivity contribution in [1.29, 1.82) is 0 Å². The topological polar surface area (TPSA) is 49.9 Å². The van der Waals surface area contributed by atoms with Crippen molar-refractivity contribution in [2.75, 3.05) is 51.3 Å². The van der Waals surface area contributed by atoms with Gasteiger partial charge in [0.05, 0.1) is 11.5 Å². The number of carbonyl (C=O) groups excluding carboxylic acids is 2. The SMILES string of the molecule is CN1CCN(c2ccccc2CC2OCC[N+](Cc3ccc(C(C)(C)C)s3)(C(=O)c3ccc(C(C)(C)C)s3)C2=O)CC1. The highest BCUT2D eigenvalue weighted by molar-refractivity contribution is 7.14. The monoisotopic (exact) mass is 608 g/mol. The van der Waals surface area contributed by atoms with E-state index in [9.17, 15) is 9.59 Å². The van der Waals surface area contributed by atoms with Gasteiger partial charge in [-0.3, -0.25) is 0 Å². The molecule has 2 aliphatic rings. The number of benzene rings is 1. The van der Waals surface area contributed by atoms with Crippen LogP contribution in [0.15, 0.2) is 48.5 Å². The minimum absolute atomic E-state index is 0.0115. The second-order valence-corrected chi connectivity index (χ2v) is 16.2. The van der Waals surface area contributed by atoms with E-state index in [1.165, 1.54) is 16.2 Å². The molecule has 6 nitrogen and oxygen atoms in total. The second-order valence-electron chi connectivity index (χ2n) is 13.9. The summed E-state index contributed by atoms with van der Waals surface area (Å²) in [5.74, 6) is -0.234. The molecule has 2 saturated heterocycles. The average Bonchev–Trinajstić information content (AvgIpc) is 3.62. The number of amides is 2. The van der Waals surface area contributed by atoms with Crippen LogP contribution in [-0.4, -0.2) is 73.7 Å². The minimum Gasteiger partial charge on any atom is -0.369 e. The van der Waals surface area contributed by atoms with Crippen molar-refractivity contribution >= 4 is 40.2 Å². The Morgan fingerprint density at radius 2 is 1.55 bits per heavy atom. The lowest BCUT2D eigenvalue weighted by atomic mass is 9.95. The molecule has 2 unspecified atom stereocenters. The summed E-state index contributed by atoms with van der Waals surface area (Å²) >= 11 is 3.24. The number of ether oxygens (including phenoxy) is 1. The summed E-state index contributed by atoms with van der Waals surface area (Å²) in [5.41, 5.74) is 2.22. The summed E-state index contributed by atoms with van der Waals surface area (Å²) in [7, 11) is 2.16. The summed E-state index contributed by atoms with van der Waals surface area (Å²) in [5, 5.41) is 0. The number of carbonyl (C=O) groups is 2. The number of rotatable bonds is 6. The molecule has 0 aliphatic carbocycles. The minimum atomic E-state index is -0.680. The van der Waals surface area contributed by atoms with E-state index < -0.39 is 6.10 Å². The molecule has 2 fully saturated rings. The van der Waals surface area contributed by atoms with E-state index >= 15 is 0 Å². The molecule has 3 aromatic rings. The first kappa shape index (κ1) is 31.1. The third-order valence-corrected chi connectivity index (χ3v) is 11.5. The smallest absolute Gasteiger partial charge is 0.363 e. The Labute approximate surface area is 259 Å². The fourth-order valence-corrected chi connectivity index (χ4v) is 8.05. The van der Waals surface area contributed by atoms with Gasteiger partial charge in [0.1, 0.15) is 18.0 Å². The van der Waals surface area contributed by atoms with Crippen molar-refractivity contribution in [1.82, 2.24) is 4.90 Å². The third kappa shape index (κ3) is 6.43. The van der Waals surface area contributed by atoms with E-state index in [0.717, 1.165) is 47.2 Å². The molecular weight excluding hydrogens is 563 g/mol. The lowest BCUT2D eigenvalue weighted by Crippen LogP contribution is -2.64. The fourth-order valence-electron chi connectivity index (χ4n) is 5.82. The molecule has 8 heteroatoms. The van der Waals surface area contributed by atoms with Gasteiger partial charge in [-0.15, -0.1) is 22.7 Å². The standard InChI is InChI=1S/C34H46N3O3S2/c1-33(2,3)29-14-12-25(41-29)23-37(32(39)28-13-15-30(42-28)34(4,5)6)20-21-40-27(31(37)38)22-24-10-8-9-11-26(24)36-18-16-35(7)17-19-36/h8-15,27H,16-23H2,1-7H3/q+1. The number of piperazine rings is 1. The average molecular weight is 609 g/mol. The van der Waals surface area contributed by atoms with Crippen LogP contribution in [-0.2, 0) is 33.3 Å². The molecule has 0 spiro atoms. The van der Waals surface area contributed by atoms with Crippen LogP contribution in [0.5, 0.6) is 0 Å². The molecule has 0 N–H and O–H groups in total. The van der Waals surface area contributed by atoms with Crippen LogP contribution in [0.25, 0.3) is 0 Å². The van der Waals surface area contributed by atoms with Crippen molar-refractivity contribution in [3.8, 4) is 0 Å². The first-order valence-corrected chi connectivity index (χ1v) is 16.7. The van der Waals surface area contributed by atoms with Crippen molar-refractivity contribution in [2.45, 2.75) is 71.4 Å². The summed E-state index contributed by atoms with van der Waals surface area (Å²) in [6.07, 6.45) is -0.218. The zero-order valence-electron chi connectivity index (χ0n) is 26.2. The Hall–Kier alpha value is -2.36. The zero-order valence-corrected chi connectivity index (χ0v) is 27.9. The number of para-hydroxylation sites is 1. The quantitative estimate of drug-likeness (QED) is 0.237. The summed E-state index contributed by atoms with van der Waals surface area (Å²) < 4.78 is 5.99. The number of quaternary nitrogens is 1. The van der Waals surface area contributed by atoms with E-state index in [4.69, 9.17) is 4.74 Å². The van der Waals surface area contributed by atoms with E-state index in [2.05, 4.69) is 88.7 Å². The van der Waals surface area contributed by atoms with Crippen molar-refractivity contribution in [3.05, 3.63) is 73.6 Å². The molecule has 2 aliphatic heterocycles. The number of thiophene rings is 2. The molecule has 4 heterocycles. The number of imide groups is 1. The van der Waals surface area contributed by atoms with Crippen molar-refractivity contribution in [2.24, 2.45) is 0 Å². The van der Waals surface area contributed by atoms with Crippen molar-refractivity contribution < 1.29 is 18.8 Å². The summed E-state index contributed by atoms with van der Waals surface area (Å²) in [6, 6.07) is 16.6. The summed E-state index contributed by atoms with van der Waals surface area (Å²) in [4.78, 5) is 38.0. The number of hydrogen-bond acceptors (Lipinski definition) is 7. The number of nitrogens with zero attached hydrogens (tertiary/aromatic N) is 3. The Morgan fingerprint density at radius 1 is 0.905 bits per heavy atom. The number of morpholine rings is 1. The van der Waals surface area contributed by atoms with Crippen LogP contribution in [0.3, 0.4) is 0 Å². The normalized spacial score (nSPS) is 22.5. The molecule has 2 atom stereocenters. The van der Waals surface area contributed by atoms with Gasteiger partial charge in [0.15, 0.2) is 6.10 Å². The Bertz CT molecular complexity index is 1420. The first-order chi connectivity index (χ1) is 19.8. The lowest BCUT2D eigenvalue weighted by molar-refractivity contribution is -0.795. The largest absolute Gasteiger partial charge is 0.369 e. The molecule has 2 amide bonds. The zero-order chi connectivity index (χ0) is 30.3. The second kappa shape index (κ2) is 12.0. The van der Waals surface area contributed by atoms with Crippen LogP contribution >= 0.6 is 22.7 Å². The maximum Gasteiger partial charge on any atom is 0.363 e. The predicted molar refractivity (Wildman–Crippen MR) is 174 cm³/mol. The van der Waals surface area contributed by atoms with Crippen LogP contribution < -0.4 is 4.90 Å². The maximum absolute atomic E-state index is 14.6. The first-order valence-electron chi connectivity index (χ1n) is 15.1. The van der Waals surface area contributed by atoms with E-state index in [0.29, 0.717) is 31.0 Å². The molecule has 226 valence electrons. The highest BCUT2D eigenvalue weighted by atomic mass is 32.1. The van der Waals surface area contributed by atoms with Gasteiger partial charge in [-0.1, -0.05) is 59.7 Å². The van der Waals surface area contributed by atoms with Crippen LogP contribution in [0.2, 0.25) is 0 Å². The Balaban J connectivity index is 1.49. The third-order valence-electron chi connectivity index (χ3n) is 8.50. The lowest BCUT2D eigenvalue weighted by Gasteiger charge is -2.39. The highest BCUT2D eigenvalue weighted by Gasteiger charge is 2.52. The molecule has 2 aromatic heterocycles. The van der Waals surface area contributed by atoms with Gasteiger partial charge in [0, 0.05) is 48.0 Å². The molecule has 0 bridgehead atoms. The maximum atomic E-state index is 14.6. The van der Waals surface area contributed by atoms with Gasteiger partial charge in [0.25, 0.3) is 0 Å². The molecule has 1 aromatic carbocycles. The van der Waals surface area contributed by atoms with Crippen LogP contribution in [0.1, 0.15) is 71.4 Å². The number of anilines is 1. The molecule has 0 saturated carbocycles. The van der Waals surface area contributed by atoms with Crippen LogP contribution in [0, 0.1) is 0 Å². The molecular formula is C34H46N3O3S2+.